The topological polar surface area (TPSA) is 39.1 Å². The molecule has 2 unspecified atom stereocenters. The Kier molecular flexibility index (Phi) is 5.20. The van der Waals surface area contributed by atoms with Crippen LogP contribution in [-0.4, -0.2) is 29.5 Å². The maximum Gasteiger partial charge on any atom is 0.0591 e. The van der Waals surface area contributed by atoms with Gasteiger partial charge in [0.2, 0.25) is 0 Å². The molecule has 2 atom stereocenters. The Morgan fingerprint density at radius 2 is 2.39 bits per heavy atom. The Bertz CT molecular complexity index is 351. The summed E-state index contributed by atoms with van der Waals surface area (Å²) in [5, 5.41) is 7.92. The maximum atomic E-state index is 5.48. The smallest absolute Gasteiger partial charge is 0.0591 e. The monoisotopic (exact) mass is 251 g/mol. The molecule has 0 saturated heterocycles. The van der Waals surface area contributed by atoms with Crippen LogP contribution in [0.2, 0.25) is 0 Å². The summed E-state index contributed by atoms with van der Waals surface area (Å²) in [6.45, 7) is 4.18. The standard InChI is InChI=1S/C14H25N3O/c1-3-7-15-9-12-10-16-17(11-12)13-5-4-6-14(8-13)18-2/h10-11,13-15H,3-9H2,1-2H3. The summed E-state index contributed by atoms with van der Waals surface area (Å²) in [5.74, 6) is 0. The largest absolute Gasteiger partial charge is 0.381 e. The van der Waals surface area contributed by atoms with Gasteiger partial charge in [0.05, 0.1) is 18.3 Å². The lowest BCUT2D eigenvalue weighted by atomic mass is 9.93. The van der Waals surface area contributed by atoms with Gasteiger partial charge in [0.15, 0.2) is 0 Å². The zero-order valence-corrected chi connectivity index (χ0v) is 11.6. The van der Waals surface area contributed by atoms with Crippen LogP contribution < -0.4 is 5.32 Å². The molecule has 0 spiro atoms. The van der Waals surface area contributed by atoms with E-state index >= 15 is 0 Å². The molecule has 0 aromatic carbocycles. The first-order chi connectivity index (χ1) is 8.83. The van der Waals surface area contributed by atoms with E-state index in [1.54, 1.807) is 0 Å². The number of nitrogens with one attached hydrogen (secondary N) is 1. The SMILES string of the molecule is CCCNCc1cnn(C2CCCC(OC)C2)c1. The van der Waals surface area contributed by atoms with Gasteiger partial charge in [-0.3, -0.25) is 4.68 Å². The van der Waals surface area contributed by atoms with Crippen molar-refractivity contribution >= 4 is 0 Å². The molecule has 1 N–H and O–H groups in total. The molecule has 102 valence electrons. The van der Waals surface area contributed by atoms with Crippen molar-refractivity contribution in [1.82, 2.24) is 15.1 Å². The summed E-state index contributed by atoms with van der Waals surface area (Å²) in [7, 11) is 1.82. The second-order valence-electron chi connectivity index (χ2n) is 5.18. The van der Waals surface area contributed by atoms with Crippen molar-refractivity contribution in [1.29, 1.82) is 0 Å². The first-order valence-corrected chi connectivity index (χ1v) is 7.10. The minimum atomic E-state index is 0.412. The van der Waals surface area contributed by atoms with E-state index in [-0.39, 0.29) is 0 Å². The Labute approximate surface area is 110 Å². The van der Waals surface area contributed by atoms with Gasteiger partial charge in [-0.15, -0.1) is 0 Å². The molecule has 1 fully saturated rings. The average Bonchev–Trinajstić information content (AvgIpc) is 2.88. The lowest BCUT2D eigenvalue weighted by Gasteiger charge is -2.28. The first kappa shape index (κ1) is 13.6. The molecule has 4 nitrogen and oxygen atoms in total. The number of hydrogen-bond donors (Lipinski definition) is 1. The highest BCUT2D eigenvalue weighted by Crippen LogP contribution is 2.29. The van der Waals surface area contributed by atoms with Gasteiger partial charge in [-0.2, -0.15) is 5.10 Å². The van der Waals surface area contributed by atoms with E-state index in [1.165, 1.54) is 31.2 Å². The van der Waals surface area contributed by atoms with Crippen LogP contribution >= 0.6 is 0 Å². The maximum absolute atomic E-state index is 5.48. The van der Waals surface area contributed by atoms with Crippen molar-refractivity contribution in [3.63, 3.8) is 0 Å². The summed E-state index contributed by atoms with van der Waals surface area (Å²) in [6, 6.07) is 0.517. The van der Waals surface area contributed by atoms with E-state index in [0.717, 1.165) is 19.5 Å². The normalized spacial score (nSPS) is 24.3. The summed E-state index contributed by atoms with van der Waals surface area (Å²) < 4.78 is 7.61. The Balaban J connectivity index is 1.88. The third-order valence-electron chi connectivity index (χ3n) is 3.72. The lowest BCUT2D eigenvalue weighted by molar-refractivity contribution is 0.0508. The van der Waals surface area contributed by atoms with E-state index in [9.17, 15) is 0 Å². The van der Waals surface area contributed by atoms with Gasteiger partial charge >= 0.3 is 0 Å². The van der Waals surface area contributed by atoms with E-state index in [2.05, 4.69) is 28.2 Å². The third-order valence-corrected chi connectivity index (χ3v) is 3.72. The summed E-state index contributed by atoms with van der Waals surface area (Å²) in [6.07, 6.45) is 10.5. The number of rotatable bonds is 6. The Morgan fingerprint density at radius 1 is 1.50 bits per heavy atom. The molecule has 0 bridgehead atoms. The molecular formula is C14H25N3O. The van der Waals surface area contributed by atoms with Gasteiger partial charge in [0.25, 0.3) is 0 Å². The lowest BCUT2D eigenvalue weighted by Crippen LogP contribution is -2.24. The summed E-state index contributed by atoms with van der Waals surface area (Å²) in [4.78, 5) is 0. The molecule has 0 radical (unpaired) electrons. The second-order valence-corrected chi connectivity index (χ2v) is 5.18. The second kappa shape index (κ2) is 6.90. The zero-order valence-electron chi connectivity index (χ0n) is 11.6. The fraction of sp³-hybridized carbons (Fsp3) is 0.786. The average molecular weight is 251 g/mol. The molecule has 1 aromatic rings. The van der Waals surface area contributed by atoms with Crippen molar-refractivity contribution < 1.29 is 4.74 Å². The van der Waals surface area contributed by atoms with Crippen LogP contribution in [0.4, 0.5) is 0 Å². The van der Waals surface area contributed by atoms with Crippen LogP contribution in [0.5, 0.6) is 0 Å². The molecule has 1 aliphatic carbocycles. The third kappa shape index (κ3) is 3.56. The number of nitrogens with zero attached hydrogens (tertiary/aromatic N) is 2. The molecule has 1 saturated carbocycles. The van der Waals surface area contributed by atoms with E-state index < -0.39 is 0 Å². The van der Waals surface area contributed by atoms with E-state index in [4.69, 9.17) is 4.74 Å². The molecule has 1 heterocycles. The Morgan fingerprint density at radius 3 is 3.17 bits per heavy atom. The summed E-state index contributed by atoms with van der Waals surface area (Å²) in [5.41, 5.74) is 1.28. The first-order valence-electron chi connectivity index (χ1n) is 7.10. The molecule has 1 aromatic heterocycles. The van der Waals surface area contributed by atoms with Gasteiger partial charge in [-0.05, 0) is 38.6 Å². The quantitative estimate of drug-likeness (QED) is 0.790. The molecule has 4 heteroatoms. The van der Waals surface area contributed by atoms with Gasteiger partial charge in [-0.25, -0.2) is 0 Å². The van der Waals surface area contributed by atoms with E-state index in [1.807, 2.05) is 13.3 Å². The molecule has 0 aliphatic heterocycles. The van der Waals surface area contributed by atoms with Crippen LogP contribution in [-0.2, 0) is 11.3 Å². The van der Waals surface area contributed by atoms with Crippen LogP contribution in [0.25, 0.3) is 0 Å². The minimum Gasteiger partial charge on any atom is -0.381 e. The molecular weight excluding hydrogens is 226 g/mol. The minimum absolute atomic E-state index is 0.412. The number of aromatic nitrogens is 2. The zero-order chi connectivity index (χ0) is 12.8. The highest BCUT2D eigenvalue weighted by molar-refractivity contribution is 5.04. The highest BCUT2D eigenvalue weighted by atomic mass is 16.5. The van der Waals surface area contributed by atoms with Gasteiger partial charge in [0, 0.05) is 25.4 Å². The van der Waals surface area contributed by atoms with Crippen molar-refractivity contribution in [2.75, 3.05) is 13.7 Å². The molecule has 1 aliphatic rings. The molecule has 2 rings (SSSR count). The van der Waals surface area contributed by atoms with Crippen molar-refractivity contribution in [2.24, 2.45) is 0 Å². The predicted molar refractivity (Wildman–Crippen MR) is 72.5 cm³/mol. The van der Waals surface area contributed by atoms with Gasteiger partial charge < -0.3 is 10.1 Å². The van der Waals surface area contributed by atoms with Crippen molar-refractivity contribution in [3.05, 3.63) is 18.0 Å². The molecule has 0 amide bonds. The van der Waals surface area contributed by atoms with Crippen LogP contribution in [0, 0.1) is 0 Å². The van der Waals surface area contributed by atoms with Crippen LogP contribution in [0.15, 0.2) is 12.4 Å². The van der Waals surface area contributed by atoms with Crippen molar-refractivity contribution in [3.8, 4) is 0 Å². The number of ether oxygens (including phenoxy) is 1. The fourth-order valence-corrected chi connectivity index (χ4v) is 2.65. The highest BCUT2D eigenvalue weighted by Gasteiger charge is 2.23. The predicted octanol–water partition coefficient (Wildman–Crippen LogP) is 2.51. The number of methoxy groups -OCH3 is 1. The van der Waals surface area contributed by atoms with Crippen LogP contribution in [0.1, 0.15) is 50.6 Å². The van der Waals surface area contributed by atoms with Gasteiger partial charge in [-0.1, -0.05) is 6.92 Å². The summed E-state index contributed by atoms with van der Waals surface area (Å²) >= 11 is 0. The van der Waals surface area contributed by atoms with E-state index in [0.29, 0.717) is 12.1 Å². The fourth-order valence-electron chi connectivity index (χ4n) is 2.65. The number of hydrogen-bond acceptors (Lipinski definition) is 3. The van der Waals surface area contributed by atoms with Crippen LogP contribution in [0.3, 0.4) is 0 Å². The van der Waals surface area contributed by atoms with Crippen molar-refractivity contribution in [2.45, 2.75) is 57.7 Å². The Hall–Kier alpha value is -0.870. The molecule has 18 heavy (non-hydrogen) atoms. The van der Waals surface area contributed by atoms with Gasteiger partial charge in [0.1, 0.15) is 0 Å².